The number of imidazole rings is 1. The molecule has 0 aromatic carbocycles. The van der Waals surface area contributed by atoms with Crippen molar-refractivity contribution in [1.29, 1.82) is 0 Å². The van der Waals surface area contributed by atoms with Crippen molar-refractivity contribution < 1.29 is 10.2 Å². The van der Waals surface area contributed by atoms with Crippen LogP contribution in [0.15, 0.2) is 12.4 Å². The van der Waals surface area contributed by atoms with Gasteiger partial charge in [0.15, 0.2) is 5.65 Å². The lowest BCUT2D eigenvalue weighted by Crippen LogP contribution is -2.29. The maximum atomic E-state index is 8.91. The highest BCUT2D eigenvalue weighted by Crippen LogP contribution is 2.17. The molecule has 2 aromatic rings. The zero-order valence-corrected chi connectivity index (χ0v) is 8.80. The van der Waals surface area contributed by atoms with Crippen LogP contribution in [-0.4, -0.2) is 51.1 Å². The highest BCUT2D eigenvalue weighted by atomic mass is 16.3. The van der Waals surface area contributed by atoms with Gasteiger partial charge in [0.1, 0.15) is 5.82 Å². The number of rotatable bonds is 5. The summed E-state index contributed by atoms with van der Waals surface area (Å²) < 4.78 is 1.70. The molecule has 0 amide bonds. The predicted molar refractivity (Wildman–Crippen MR) is 60.3 cm³/mol. The Kier molecular flexibility index (Phi) is 2.97. The first-order chi connectivity index (χ1) is 7.76. The number of fused-ring (bicyclic) bond motifs is 1. The van der Waals surface area contributed by atoms with Gasteiger partial charge in [-0.05, 0) is 0 Å². The van der Waals surface area contributed by atoms with E-state index in [-0.39, 0.29) is 13.2 Å². The molecule has 2 rings (SSSR count). The minimum atomic E-state index is 0.0148. The van der Waals surface area contributed by atoms with Crippen molar-refractivity contribution >= 4 is 17.2 Å². The van der Waals surface area contributed by atoms with E-state index in [0.717, 1.165) is 0 Å². The van der Waals surface area contributed by atoms with E-state index in [0.29, 0.717) is 30.2 Å². The Balaban J connectivity index is 2.29. The van der Waals surface area contributed by atoms with Crippen molar-refractivity contribution in [2.75, 3.05) is 36.9 Å². The minimum Gasteiger partial charge on any atom is -0.395 e. The molecule has 0 saturated carbocycles. The number of aliphatic hydroxyl groups excluding tert-OH is 2. The summed E-state index contributed by atoms with van der Waals surface area (Å²) in [5.74, 6) is 0.682. The standard InChI is InChI=1S/C9H15N5O2/c10-7-5-11-14-6-8(12-9(7)14)13(1-3-15)2-4-16/h5-6,11,15-16H,1-4,10H2. The summed E-state index contributed by atoms with van der Waals surface area (Å²) in [7, 11) is 0. The van der Waals surface area contributed by atoms with E-state index < -0.39 is 0 Å². The van der Waals surface area contributed by atoms with Crippen LogP contribution in [-0.2, 0) is 0 Å². The second-order valence-corrected chi connectivity index (χ2v) is 3.46. The second-order valence-electron chi connectivity index (χ2n) is 3.46. The number of H-pyrrole nitrogens is 1. The predicted octanol–water partition coefficient (Wildman–Crippen LogP) is -0.964. The third kappa shape index (κ3) is 1.82. The van der Waals surface area contributed by atoms with Gasteiger partial charge in [0.2, 0.25) is 0 Å². The van der Waals surface area contributed by atoms with Crippen molar-refractivity contribution in [3.05, 3.63) is 12.4 Å². The molecule has 0 aliphatic heterocycles. The monoisotopic (exact) mass is 225 g/mol. The fourth-order valence-electron chi connectivity index (χ4n) is 1.61. The van der Waals surface area contributed by atoms with Crippen molar-refractivity contribution in [3.8, 4) is 0 Å². The van der Waals surface area contributed by atoms with Gasteiger partial charge in [-0.25, -0.2) is 9.50 Å². The molecule has 0 spiro atoms. The molecule has 7 nitrogen and oxygen atoms in total. The first-order valence-electron chi connectivity index (χ1n) is 5.05. The van der Waals surface area contributed by atoms with Gasteiger partial charge in [0, 0.05) is 19.3 Å². The maximum absolute atomic E-state index is 8.91. The molecule has 0 atom stereocenters. The van der Waals surface area contributed by atoms with Crippen molar-refractivity contribution in [2.45, 2.75) is 0 Å². The first kappa shape index (κ1) is 10.8. The van der Waals surface area contributed by atoms with E-state index in [2.05, 4.69) is 10.1 Å². The van der Waals surface area contributed by atoms with Gasteiger partial charge in [-0.15, -0.1) is 0 Å². The van der Waals surface area contributed by atoms with Gasteiger partial charge in [-0.1, -0.05) is 0 Å². The van der Waals surface area contributed by atoms with E-state index in [9.17, 15) is 0 Å². The average molecular weight is 225 g/mol. The number of aromatic amines is 1. The Hall–Kier alpha value is -1.73. The zero-order chi connectivity index (χ0) is 11.5. The molecule has 0 radical (unpaired) electrons. The highest BCUT2D eigenvalue weighted by Gasteiger charge is 2.11. The number of anilines is 2. The van der Waals surface area contributed by atoms with Gasteiger partial charge in [0.05, 0.1) is 25.1 Å². The molecule has 88 valence electrons. The summed E-state index contributed by atoms with van der Waals surface area (Å²) in [5.41, 5.74) is 6.92. The number of nitrogen functional groups attached to an aromatic ring is 1. The van der Waals surface area contributed by atoms with Crippen molar-refractivity contribution in [2.24, 2.45) is 0 Å². The third-order valence-electron chi connectivity index (χ3n) is 2.37. The fraction of sp³-hybridized carbons (Fsp3) is 0.444. The second kappa shape index (κ2) is 4.42. The lowest BCUT2D eigenvalue weighted by molar-refractivity contribution is 0.280. The van der Waals surface area contributed by atoms with E-state index in [1.165, 1.54) is 0 Å². The van der Waals surface area contributed by atoms with Gasteiger partial charge < -0.3 is 20.8 Å². The van der Waals surface area contributed by atoms with Crippen LogP contribution in [0.1, 0.15) is 0 Å². The van der Waals surface area contributed by atoms with Crippen LogP contribution < -0.4 is 10.6 Å². The van der Waals surface area contributed by atoms with Crippen LogP contribution >= 0.6 is 0 Å². The molecule has 2 heterocycles. The van der Waals surface area contributed by atoms with Crippen LogP contribution in [0.5, 0.6) is 0 Å². The molecular formula is C9H15N5O2. The molecule has 0 bridgehead atoms. The summed E-state index contributed by atoms with van der Waals surface area (Å²) in [6.07, 6.45) is 3.44. The highest BCUT2D eigenvalue weighted by molar-refractivity contribution is 5.66. The Morgan fingerprint density at radius 2 is 2.06 bits per heavy atom. The van der Waals surface area contributed by atoms with Crippen LogP contribution in [0.25, 0.3) is 5.65 Å². The maximum Gasteiger partial charge on any atom is 0.178 e. The lowest BCUT2D eigenvalue weighted by Gasteiger charge is -2.19. The first-order valence-corrected chi connectivity index (χ1v) is 5.05. The molecule has 16 heavy (non-hydrogen) atoms. The number of nitrogens with two attached hydrogens (primary N) is 1. The molecule has 0 aliphatic rings. The number of hydrogen-bond donors (Lipinski definition) is 4. The molecule has 7 heteroatoms. The molecular weight excluding hydrogens is 210 g/mol. The van der Waals surface area contributed by atoms with Gasteiger partial charge in [-0.3, -0.25) is 5.10 Å². The number of aliphatic hydroxyl groups is 2. The Bertz CT molecular complexity index is 457. The number of hydrogen-bond acceptors (Lipinski definition) is 5. The van der Waals surface area contributed by atoms with Gasteiger partial charge in [-0.2, -0.15) is 0 Å². The van der Waals surface area contributed by atoms with Crippen LogP contribution in [0.2, 0.25) is 0 Å². The Morgan fingerprint density at radius 3 is 2.62 bits per heavy atom. The molecule has 0 unspecified atom stereocenters. The largest absolute Gasteiger partial charge is 0.395 e. The summed E-state index contributed by atoms with van der Waals surface area (Å²) in [4.78, 5) is 6.11. The number of nitrogens with zero attached hydrogens (tertiary/aromatic N) is 3. The van der Waals surface area contributed by atoms with Crippen LogP contribution in [0, 0.1) is 0 Å². The zero-order valence-electron chi connectivity index (χ0n) is 8.80. The molecule has 2 aromatic heterocycles. The molecule has 0 aliphatic carbocycles. The summed E-state index contributed by atoms with van der Waals surface area (Å²) >= 11 is 0. The molecule has 0 fully saturated rings. The lowest BCUT2D eigenvalue weighted by atomic mass is 10.5. The molecule has 5 N–H and O–H groups in total. The van der Waals surface area contributed by atoms with E-state index >= 15 is 0 Å². The topological polar surface area (TPSA) is 103 Å². The minimum absolute atomic E-state index is 0.0148. The van der Waals surface area contributed by atoms with E-state index in [1.807, 2.05) is 0 Å². The van der Waals surface area contributed by atoms with E-state index in [1.54, 1.807) is 21.8 Å². The SMILES string of the molecule is Nc1c[nH]n2cc(N(CCO)CCO)nc12. The average Bonchev–Trinajstić information content (AvgIpc) is 2.81. The van der Waals surface area contributed by atoms with Crippen LogP contribution in [0.4, 0.5) is 11.5 Å². The third-order valence-corrected chi connectivity index (χ3v) is 2.37. The van der Waals surface area contributed by atoms with Gasteiger partial charge >= 0.3 is 0 Å². The number of aromatic nitrogens is 3. The van der Waals surface area contributed by atoms with Gasteiger partial charge in [0.25, 0.3) is 0 Å². The summed E-state index contributed by atoms with van der Waals surface area (Å²) in [6, 6.07) is 0. The van der Waals surface area contributed by atoms with E-state index in [4.69, 9.17) is 15.9 Å². The Labute approximate surface area is 92.1 Å². The smallest absolute Gasteiger partial charge is 0.178 e. The normalized spacial score (nSPS) is 11.1. The number of nitrogens with one attached hydrogen (secondary N) is 1. The summed E-state index contributed by atoms with van der Waals surface area (Å²) in [5, 5.41) is 20.8. The van der Waals surface area contributed by atoms with Crippen molar-refractivity contribution in [1.82, 2.24) is 14.6 Å². The fourth-order valence-corrected chi connectivity index (χ4v) is 1.61. The Morgan fingerprint density at radius 1 is 1.38 bits per heavy atom. The van der Waals surface area contributed by atoms with Crippen LogP contribution in [0.3, 0.4) is 0 Å². The molecule has 0 saturated heterocycles. The quantitative estimate of drug-likeness (QED) is 0.524. The van der Waals surface area contributed by atoms with Crippen molar-refractivity contribution in [3.63, 3.8) is 0 Å². The summed E-state index contributed by atoms with van der Waals surface area (Å²) in [6.45, 7) is 0.892.